The first-order chi connectivity index (χ1) is 19.6. The summed E-state index contributed by atoms with van der Waals surface area (Å²) in [6, 6.07) is 30.1. The molecule has 8 nitrogen and oxygen atoms in total. The molecule has 0 saturated carbocycles. The molecule has 5 rings (SSSR count). The first-order valence-electron chi connectivity index (χ1n) is 12.3. The van der Waals surface area contributed by atoms with Gasteiger partial charge in [-0.25, -0.2) is 16.8 Å². The number of ether oxygens (including phenoxy) is 2. The maximum Gasteiger partial charge on any atom is 0.210 e. The maximum absolute atomic E-state index is 13.2. The number of benzene rings is 5. The molecular formula is C31H24O8S2. The quantitative estimate of drug-likeness (QED) is 0.210. The number of sulfone groups is 2. The summed E-state index contributed by atoms with van der Waals surface area (Å²) in [5, 5.41) is 19.5. The second-order valence-electron chi connectivity index (χ2n) is 8.92. The minimum absolute atomic E-state index is 0.00282. The minimum Gasteiger partial charge on any atom is -0.508 e. The molecule has 41 heavy (non-hydrogen) atoms. The lowest BCUT2D eigenvalue weighted by Crippen LogP contribution is -2.06. The van der Waals surface area contributed by atoms with Crippen LogP contribution in [0.3, 0.4) is 0 Å². The third-order valence-electron chi connectivity index (χ3n) is 6.10. The fourth-order valence-corrected chi connectivity index (χ4v) is 6.79. The van der Waals surface area contributed by atoms with Crippen molar-refractivity contribution in [1.82, 2.24) is 0 Å². The molecule has 0 aliphatic carbocycles. The number of hydrogen-bond donors (Lipinski definition) is 2. The van der Waals surface area contributed by atoms with Crippen LogP contribution in [0, 0.1) is 0 Å². The van der Waals surface area contributed by atoms with Gasteiger partial charge in [0.1, 0.15) is 45.1 Å². The highest BCUT2D eigenvalue weighted by Gasteiger charge is 2.23. The topological polar surface area (TPSA) is 127 Å². The highest BCUT2D eigenvalue weighted by molar-refractivity contribution is 7.92. The Hall–Kier alpha value is -4.80. The molecule has 0 aromatic heterocycles. The van der Waals surface area contributed by atoms with Gasteiger partial charge in [-0.15, -0.1) is 0 Å². The molecule has 0 amide bonds. The van der Waals surface area contributed by atoms with Crippen LogP contribution in [0.5, 0.6) is 28.7 Å². The standard InChI is InChI=1S/C31H24O8S2/c32-23-12-16-26(17-13-23)41(36,37)31-11-4-2-9-29(31)38-21-22-6-5-7-25(20-22)39-24-14-18-27(19-15-24)40(34,35)30-10-3-1-8-28(30)33/h1-20,32-33H,21H2. The Balaban J connectivity index is 1.30. The zero-order chi connectivity index (χ0) is 29.0. The molecule has 0 heterocycles. The molecule has 0 fully saturated rings. The fourth-order valence-electron chi connectivity index (χ4n) is 4.04. The lowest BCUT2D eigenvalue weighted by Gasteiger charge is -2.13. The van der Waals surface area contributed by atoms with Crippen molar-refractivity contribution in [2.75, 3.05) is 0 Å². The van der Waals surface area contributed by atoms with Crippen LogP contribution in [0.25, 0.3) is 0 Å². The number of phenols is 2. The van der Waals surface area contributed by atoms with Gasteiger partial charge in [0.2, 0.25) is 19.7 Å². The molecule has 0 bridgehead atoms. The van der Waals surface area contributed by atoms with Crippen molar-refractivity contribution >= 4 is 19.7 Å². The van der Waals surface area contributed by atoms with Crippen LogP contribution < -0.4 is 9.47 Å². The SMILES string of the molecule is O=S(=O)(c1ccc(Oc2cccc(COc3ccccc3S(=O)(=O)c3ccc(O)cc3)c2)cc1)c1ccccc1O. The summed E-state index contributed by atoms with van der Waals surface area (Å²) in [5.74, 6) is 0.668. The molecule has 0 saturated heterocycles. The highest BCUT2D eigenvalue weighted by atomic mass is 32.2. The molecule has 5 aromatic rings. The summed E-state index contributed by atoms with van der Waals surface area (Å²) in [5.41, 5.74) is 0.707. The predicted octanol–water partition coefficient (Wildman–Crippen LogP) is 6.13. The highest BCUT2D eigenvalue weighted by Crippen LogP contribution is 2.32. The van der Waals surface area contributed by atoms with Crippen molar-refractivity contribution in [1.29, 1.82) is 0 Å². The number of hydrogen-bond acceptors (Lipinski definition) is 8. The average Bonchev–Trinajstić information content (AvgIpc) is 2.97. The Kier molecular flexibility index (Phi) is 7.69. The van der Waals surface area contributed by atoms with Gasteiger partial charge in [0.25, 0.3) is 0 Å². The molecule has 0 atom stereocenters. The van der Waals surface area contributed by atoms with Crippen LogP contribution in [0.1, 0.15) is 5.56 Å². The van der Waals surface area contributed by atoms with Crippen molar-refractivity contribution in [2.45, 2.75) is 26.2 Å². The van der Waals surface area contributed by atoms with Crippen LogP contribution in [-0.4, -0.2) is 27.0 Å². The van der Waals surface area contributed by atoms with Gasteiger partial charge in [-0.3, -0.25) is 0 Å². The second-order valence-corrected chi connectivity index (χ2v) is 12.8. The van der Waals surface area contributed by atoms with Gasteiger partial charge >= 0.3 is 0 Å². The summed E-state index contributed by atoms with van der Waals surface area (Å²) in [6.45, 7) is 0.0526. The lowest BCUT2D eigenvalue weighted by atomic mass is 10.2. The minimum atomic E-state index is -3.91. The first-order valence-corrected chi connectivity index (χ1v) is 15.3. The Morgan fingerprint density at radius 3 is 1.83 bits per heavy atom. The van der Waals surface area contributed by atoms with Crippen LogP contribution >= 0.6 is 0 Å². The van der Waals surface area contributed by atoms with E-state index in [1.807, 2.05) is 0 Å². The van der Waals surface area contributed by atoms with Gasteiger partial charge < -0.3 is 19.7 Å². The van der Waals surface area contributed by atoms with Crippen molar-refractivity contribution in [3.05, 3.63) is 127 Å². The fraction of sp³-hybridized carbons (Fsp3) is 0.0323. The maximum atomic E-state index is 13.2. The van der Waals surface area contributed by atoms with E-state index < -0.39 is 19.7 Å². The molecule has 0 aliphatic rings. The van der Waals surface area contributed by atoms with Crippen molar-refractivity contribution in [3.63, 3.8) is 0 Å². The molecule has 208 valence electrons. The largest absolute Gasteiger partial charge is 0.508 e. The molecular weight excluding hydrogens is 564 g/mol. The molecule has 0 aliphatic heterocycles. The molecule has 0 radical (unpaired) electrons. The average molecular weight is 589 g/mol. The summed E-state index contributed by atoms with van der Waals surface area (Å²) in [6.07, 6.45) is 0. The van der Waals surface area contributed by atoms with E-state index in [0.717, 1.165) is 0 Å². The molecule has 5 aromatic carbocycles. The van der Waals surface area contributed by atoms with E-state index in [0.29, 0.717) is 17.1 Å². The van der Waals surface area contributed by atoms with Crippen LogP contribution in [0.15, 0.2) is 141 Å². The van der Waals surface area contributed by atoms with Crippen LogP contribution in [0.4, 0.5) is 0 Å². The number of rotatable bonds is 9. The van der Waals surface area contributed by atoms with E-state index in [9.17, 15) is 27.0 Å². The smallest absolute Gasteiger partial charge is 0.210 e. The predicted molar refractivity (Wildman–Crippen MR) is 151 cm³/mol. The number of phenolic OH excluding ortho intramolecular Hbond substituents is 2. The summed E-state index contributed by atoms with van der Waals surface area (Å²) < 4.78 is 63.9. The zero-order valence-electron chi connectivity index (χ0n) is 21.4. The van der Waals surface area contributed by atoms with Gasteiger partial charge in [-0.05, 0) is 90.5 Å². The van der Waals surface area contributed by atoms with E-state index in [-0.39, 0.29) is 43.4 Å². The molecule has 2 N–H and O–H groups in total. The van der Waals surface area contributed by atoms with Gasteiger partial charge in [-0.1, -0.05) is 36.4 Å². The lowest BCUT2D eigenvalue weighted by molar-refractivity contribution is 0.297. The van der Waals surface area contributed by atoms with Gasteiger partial charge in [0.15, 0.2) is 0 Å². The van der Waals surface area contributed by atoms with E-state index in [1.54, 1.807) is 48.5 Å². The van der Waals surface area contributed by atoms with Gasteiger partial charge in [-0.2, -0.15) is 0 Å². The van der Waals surface area contributed by atoms with E-state index in [1.165, 1.54) is 72.8 Å². The summed E-state index contributed by atoms with van der Waals surface area (Å²) in [4.78, 5) is -0.147. The van der Waals surface area contributed by atoms with E-state index in [2.05, 4.69) is 0 Å². The first kappa shape index (κ1) is 27.8. The molecule has 0 unspecified atom stereocenters. The van der Waals surface area contributed by atoms with Crippen molar-refractivity contribution in [2.24, 2.45) is 0 Å². The van der Waals surface area contributed by atoms with Crippen LogP contribution in [0.2, 0.25) is 0 Å². The summed E-state index contributed by atoms with van der Waals surface area (Å²) >= 11 is 0. The van der Waals surface area contributed by atoms with E-state index in [4.69, 9.17) is 9.47 Å². The Labute approximate surface area is 237 Å². The van der Waals surface area contributed by atoms with Crippen LogP contribution in [-0.2, 0) is 26.3 Å². The zero-order valence-corrected chi connectivity index (χ0v) is 23.0. The number of para-hydroxylation sites is 2. The second kappa shape index (κ2) is 11.4. The Morgan fingerprint density at radius 2 is 1.15 bits per heavy atom. The monoisotopic (exact) mass is 588 g/mol. The molecule has 0 spiro atoms. The third kappa shape index (κ3) is 6.03. The molecule has 10 heteroatoms. The van der Waals surface area contributed by atoms with Gasteiger partial charge in [0.05, 0.1) is 9.79 Å². The third-order valence-corrected chi connectivity index (χ3v) is 9.73. The number of aromatic hydroxyl groups is 2. The normalized spacial score (nSPS) is 11.6. The summed E-state index contributed by atoms with van der Waals surface area (Å²) in [7, 11) is -7.80. The Morgan fingerprint density at radius 1 is 0.561 bits per heavy atom. The Bertz CT molecular complexity index is 1900. The van der Waals surface area contributed by atoms with Crippen molar-refractivity contribution in [3.8, 4) is 28.7 Å². The van der Waals surface area contributed by atoms with Gasteiger partial charge in [0, 0.05) is 0 Å². The van der Waals surface area contributed by atoms with E-state index >= 15 is 0 Å². The van der Waals surface area contributed by atoms with Crippen molar-refractivity contribution < 1.29 is 36.5 Å².